The normalized spacial score (nSPS) is 10.9. The summed E-state index contributed by atoms with van der Waals surface area (Å²) in [6.45, 7) is 3.23. The Kier molecular flexibility index (Phi) is 4.73. The van der Waals surface area contributed by atoms with E-state index in [1.165, 1.54) is 5.56 Å². The lowest BCUT2D eigenvalue weighted by molar-refractivity contribution is 0.199. The molecule has 0 saturated carbocycles. The van der Waals surface area contributed by atoms with Gasteiger partial charge in [-0.1, -0.05) is 0 Å². The van der Waals surface area contributed by atoms with Crippen LogP contribution in [0.1, 0.15) is 11.3 Å². The maximum atomic E-state index is 4.97. The van der Waals surface area contributed by atoms with Gasteiger partial charge in [0.05, 0.1) is 18.8 Å². The van der Waals surface area contributed by atoms with Gasteiger partial charge in [0, 0.05) is 26.4 Å². The quantitative estimate of drug-likeness (QED) is 0.762. The Bertz CT molecular complexity index is 425. The Balaban J connectivity index is 1.79. The van der Waals surface area contributed by atoms with Crippen LogP contribution in [0, 0.1) is 0 Å². The number of methoxy groups -OCH3 is 1. The maximum Gasteiger partial charge on any atom is 0.0762 e. The van der Waals surface area contributed by atoms with Gasteiger partial charge in [0.25, 0.3) is 0 Å². The summed E-state index contributed by atoms with van der Waals surface area (Å²) >= 11 is 1.72. The van der Waals surface area contributed by atoms with Gasteiger partial charge in [-0.3, -0.25) is 4.68 Å². The third-order valence-corrected chi connectivity index (χ3v) is 3.14. The summed E-state index contributed by atoms with van der Waals surface area (Å²) in [5, 5.41) is 12.0. The van der Waals surface area contributed by atoms with Gasteiger partial charge in [0.2, 0.25) is 0 Å². The first kappa shape index (κ1) is 12.3. The second kappa shape index (κ2) is 6.54. The van der Waals surface area contributed by atoms with E-state index in [-0.39, 0.29) is 0 Å². The third-order valence-electron chi connectivity index (χ3n) is 2.41. The molecular formula is C12H17N3OS. The average Bonchev–Trinajstić information content (AvgIpc) is 2.97. The molecule has 0 atom stereocenters. The number of nitrogens with zero attached hydrogens (tertiary/aromatic N) is 2. The minimum atomic E-state index is 0.732. The first-order valence-electron chi connectivity index (χ1n) is 5.61. The number of hydrogen-bond donors (Lipinski definition) is 1. The Morgan fingerprint density at radius 3 is 3.18 bits per heavy atom. The molecule has 0 aliphatic carbocycles. The number of nitrogens with one attached hydrogen (secondary N) is 1. The molecule has 2 aromatic heterocycles. The van der Waals surface area contributed by atoms with Crippen molar-refractivity contribution >= 4 is 11.3 Å². The first-order chi connectivity index (χ1) is 8.38. The van der Waals surface area contributed by atoms with Crippen LogP contribution in [0.2, 0.25) is 0 Å². The summed E-state index contributed by atoms with van der Waals surface area (Å²) in [6, 6.07) is 4.18. The third kappa shape index (κ3) is 3.96. The molecule has 17 heavy (non-hydrogen) atoms. The lowest BCUT2D eigenvalue weighted by Gasteiger charge is -2.01. The molecule has 2 heterocycles. The summed E-state index contributed by atoms with van der Waals surface area (Å²) < 4.78 is 6.94. The molecule has 0 saturated heterocycles. The molecule has 0 aliphatic rings. The van der Waals surface area contributed by atoms with Crippen LogP contribution in [0.4, 0.5) is 0 Å². The van der Waals surface area contributed by atoms with E-state index in [1.807, 2.05) is 16.9 Å². The summed E-state index contributed by atoms with van der Waals surface area (Å²) in [7, 11) is 1.71. The predicted molar refractivity (Wildman–Crippen MR) is 69.2 cm³/mol. The van der Waals surface area contributed by atoms with Crippen LogP contribution in [-0.2, 0) is 17.8 Å². The van der Waals surface area contributed by atoms with Gasteiger partial charge < -0.3 is 10.1 Å². The SMILES string of the molecule is COCCNCc1ccn(Cc2ccsc2)n1. The van der Waals surface area contributed by atoms with Crippen LogP contribution in [0.25, 0.3) is 0 Å². The van der Waals surface area contributed by atoms with E-state index in [0.29, 0.717) is 0 Å². The van der Waals surface area contributed by atoms with Crippen molar-refractivity contribution in [3.63, 3.8) is 0 Å². The molecule has 4 nitrogen and oxygen atoms in total. The van der Waals surface area contributed by atoms with Crippen molar-refractivity contribution in [1.29, 1.82) is 0 Å². The van der Waals surface area contributed by atoms with E-state index in [0.717, 1.165) is 31.9 Å². The smallest absolute Gasteiger partial charge is 0.0762 e. The van der Waals surface area contributed by atoms with Crippen molar-refractivity contribution in [1.82, 2.24) is 15.1 Å². The number of thiophene rings is 1. The zero-order valence-electron chi connectivity index (χ0n) is 9.93. The topological polar surface area (TPSA) is 39.1 Å². The molecule has 0 bridgehead atoms. The van der Waals surface area contributed by atoms with Crippen molar-refractivity contribution < 1.29 is 4.74 Å². The number of rotatable bonds is 7. The number of aromatic nitrogens is 2. The minimum absolute atomic E-state index is 0.732. The van der Waals surface area contributed by atoms with Crippen LogP contribution >= 0.6 is 11.3 Å². The van der Waals surface area contributed by atoms with E-state index in [2.05, 4.69) is 27.2 Å². The fourth-order valence-electron chi connectivity index (χ4n) is 1.55. The Labute approximate surface area is 105 Å². The second-order valence-electron chi connectivity index (χ2n) is 3.81. The molecule has 0 aliphatic heterocycles. The summed E-state index contributed by atoms with van der Waals surface area (Å²) in [4.78, 5) is 0. The van der Waals surface area contributed by atoms with E-state index < -0.39 is 0 Å². The van der Waals surface area contributed by atoms with Crippen molar-refractivity contribution in [2.75, 3.05) is 20.3 Å². The lowest BCUT2D eigenvalue weighted by atomic mass is 10.3. The second-order valence-corrected chi connectivity index (χ2v) is 4.59. The predicted octanol–water partition coefficient (Wildman–Crippen LogP) is 1.73. The Morgan fingerprint density at radius 2 is 2.41 bits per heavy atom. The molecule has 2 rings (SSSR count). The molecule has 92 valence electrons. The van der Waals surface area contributed by atoms with Crippen molar-refractivity contribution in [2.24, 2.45) is 0 Å². The highest BCUT2D eigenvalue weighted by atomic mass is 32.1. The monoisotopic (exact) mass is 251 g/mol. The number of hydrogen-bond acceptors (Lipinski definition) is 4. The highest BCUT2D eigenvalue weighted by Crippen LogP contribution is 2.07. The summed E-state index contributed by atoms with van der Waals surface area (Å²) in [6.07, 6.45) is 2.02. The maximum absolute atomic E-state index is 4.97. The molecule has 0 fully saturated rings. The van der Waals surface area contributed by atoms with Gasteiger partial charge in [-0.2, -0.15) is 16.4 Å². The van der Waals surface area contributed by atoms with Gasteiger partial charge in [-0.15, -0.1) is 0 Å². The van der Waals surface area contributed by atoms with Crippen molar-refractivity contribution in [2.45, 2.75) is 13.1 Å². The Morgan fingerprint density at radius 1 is 1.47 bits per heavy atom. The molecule has 0 unspecified atom stereocenters. The van der Waals surface area contributed by atoms with Crippen LogP contribution in [0.15, 0.2) is 29.1 Å². The molecule has 1 N–H and O–H groups in total. The van der Waals surface area contributed by atoms with E-state index in [1.54, 1.807) is 18.4 Å². The van der Waals surface area contributed by atoms with E-state index in [9.17, 15) is 0 Å². The van der Waals surface area contributed by atoms with Crippen molar-refractivity contribution in [3.8, 4) is 0 Å². The number of ether oxygens (including phenoxy) is 1. The first-order valence-corrected chi connectivity index (χ1v) is 6.56. The van der Waals surface area contributed by atoms with Gasteiger partial charge in [0.1, 0.15) is 0 Å². The van der Waals surface area contributed by atoms with Gasteiger partial charge in [-0.25, -0.2) is 0 Å². The van der Waals surface area contributed by atoms with Crippen LogP contribution < -0.4 is 5.32 Å². The van der Waals surface area contributed by atoms with Gasteiger partial charge >= 0.3 is 0 Å². The molecule has 2 aromatic rings. The van der Waals surface area contributed by atoms with Crippen molar-refractivity contribution in [3.05, 3.63) is 40.3 Å². The van der Waals surface area contributed by atoms with Gasteiger partial charge in [-0.05, 0) is 28.5 Å². The lowest BCUT2D eigenvalue weighted by Crippen LogP contribution is -2.19. The molecule has 0 spiro atoms. The molecular weight excluding hydrogens is 234 g/mol. The molecule has 0 radical (unpaired) electrons. The highest BCUT2D eigenvalue weighted by molar-refractivity contribution is 7.07. The highest BCUT2D eigenvalue weighted by Gasteiger charge is 2.00. The van der Waals surface area contributed by atoms with E-state index >= 15 is 0 Å². The van der Waals surface area contributed by atoms with E-state index in [4.69, 9.17) is 4.74 Å². The van der Waals surface area contributed by atoms with Crippen LogP contribution in [-0.4, -0.2) is 30.0 Å². The fourth-order valence-corrected chi connectivity index (χ4v) is 2.21. The minimum Gasteiger partial charge on any atom is -0.383 e. The summed E-state index contributed by atoms with van der Waals surface area (Å²) in [5.74, 6) is 0. The summed E-state index contributed by atoms with van der Waals surface area (Å²) in [5.41, 5.74) is 2.37. The zero-order chi connectivity index (χ0) is 11.9. The Hall–Kier alpha value is -1.17. The standard InChI is InChI=1S/C12H17N3OS/c1-16-6-4-13-8-12-2-5-15(14-12)9-11-3-7-17-10-11/h2-3,5,7,10,13H,4,6,8-9H2,1H3. The molecule has 0 amide bonds. The fraction of sp³-hybridized carbons (Fsp3) is 0.417. The molecule has 5 heteroatoms. The average molecular weight is 251 g/mol. The van der Waals surface area contributed by atoms with Gasteiger partial charge in [0.15, 0.2) is 0 Å². The largest absolute Gasteiger partial charge is 0.383 e. The van der Waals surface area contributed by atoms with Crippen LogP contribution in [0.3, 0.4) is 0 Å². The van der Waals surface area contributed by atoms with Crippen LogP contribution in [0.5, 0.6) is 0 Å². The molecule has 0 aromatic carbocycles. The zero-order valence-corrected chi connectivity index (χ0v) is 10.7.